The van der Waals surface area contributed by atoms with Gasteiger partial charge < -0.3 is 10.2 Å². The highest BCUT2D eigenvalue weighted by molar-refractivity contribution is 5.20. The second kappa shape index (κ2) is 5.15. The normalized spacial score (nSPS) is 12.6. The Morgan fingerprint density at radius 2 is 2.18 bits per heavy atom. The Kier molecular flexibility index (Phi) is 3.59. The van der Waals surface area contributed by atoms with Crippen molar-refractivity contribution in [3.8, 4) is 0 Å². The molecule has 3 heteroatoms. The van der Waals surface area contributed by atoms with Gasteiger partial charge in [-0.3, -0.25) is 4.98 Å². The minimum atomic E-state index is -0.121. The summed E-state index contributed by atoms with van der Waals surface area (Å²) in [4.78, 5) is 4.35. The van der Waals surface area contributed by atoms with Gasteiger partial charge in [0, 0.05) is 24.7 Å². The van der Waals surface area contributed by atoms with E-state index in [9.17, 15) is 0 Å². The molecule has 0 saturated carbocycles. The number of furan rings is 1. The molecule has 17 heavy (non-hydrogen) atoms. The number of nitrogens with zero attached hydrogens (tertiary/aromatic N) is 1. The van der Waals surface area contributed by atoms with Crippen molar-refractivity contribution < 1.29 is 4.42 Å². The molecular formula is C14H18N2O. The second-order valence-corrected chi connectivity index (χ2v) is 4.24. The summed E-state index contributed by atoms with van der Waals surface area (Å²) in [5, 5.41) is 0. The lowest BCUT2D eigenvalue weighted by Crippen LogP contribution is -2.14. The lowest BCUT2D eigenvalue weighted by atomic mass is 10.1. The van der Waals surface area contributed by atoms with Crippen LogP contribution in [0, 0.1) is 6.92 Å². The van der Waals surface area contributed by atoms with E-state index >= 15 is 0 Å². The Labute approximate surface area is 102 Å². The van der Waals surface area contributed by atoms with Crippen molar-refractivity contribution in [2.24, 2.45) is 5.73 Å². The maximum absolute atomic E-state index is 6.13. The van der Waals surface area contributed by atoms with Crippen LogP contribution in [-0.4, -0.2) is 4.98 Å². The first-order valence-electron chi connectivity index (χ1n) is 5.95. The van der Waals surface area contributed by atoms with Crippen LogP contribution in [0.1, 0.15) is 35.7 Å². The smallest absolute Gasteiger partial charge is 0.121 e. The van der Waals surface area contributed by atoms with Crippen molar-refractivity contribution >= 4 is 0 Å². The maximum atomic E-state index is 6.13. The van der Waals surface area contributed by atoms with E-state index in [1.54, 1.807) is 6.20 Å². The van der Waals surface area contributed by atoms with E-state index in [-0.39, 0.29) is 6.04 Å². The molecule has 90 valence electrons. The third-order valence-corrected chi connectivity index (χ3v) is 2.93. The average Bonchev–Trinajstić information content (AvgIpc) is 2.81. The molecule has 1 atom stereocenters. The van der Waals surface area contributed by atoms with Crippen molar-refractivity contribution in [1.29, 1.82) is 0 Å². The van der Waals surface area contributed by atoms with Crippen LogP contribution < -0.4 is 5.73 Å². The molecule has 0 fully saturated rings. The van der Waals surface area contributed by atoms with E-state index < -0.39 is 0 Å². The van der Waals surface area contributed by atoms with E-state index in [0.717, 1.165) is 23.6 Å². The molecule has 0 aromatic carbocycles. The summed E-state index contributed by atoms with van der Waals surface area (Å²) in [5.41, 5.74) is 8.34. The number of hydrogen-bond acceptors (Lipinski definition) is 3. The standard InChI is InChI=1S/C14H18N2O/c1-3-11-6-7-14(17-11)12(15)9-13-10(2)5-4-8-16-13/h4-8,12H,3,9,15H2,1-2H3. The molecule has 0 aliphatic carbocycles. The number of aromatic nitrogens is 1. The first-order valence-corrected chi connectivity index (χ1v) is 5.95. The van der Waals surface area contributed by atoms with Crippen molar-refractivity contribution in [2.45, 2.75) is 32.7 Å². The summed E-state index contributed by atoms with van der Waals surface area (Å²) in [5.74, 6) is 1.82. The molecule has 0 radical (unpaired) electrons. The average molecular weight is 230 g/mol. The van der Waals surface area contributed by atoms with Gasteiger partial charge in [0.15, 0.2) is 0 Å². The zero-order valence-corrected chi connectivity index (χ0v) is 10.3. The fourth-order valence-electron chi connectivity index (χ4n) is 1.82. The molecule has 1 unspecified atom stereocenters. The topological polar surface area (TPSA) is 52.0 Å². The van der Waals surface area contributed by atoms with Gasteiger partial charge in [-0.15, -0.1) is 0 Å². The first-order chi connectivity index (χ1) is 8.20. The van der Waals surface area contributed by atoms with Crippen molar-refractivity contribution in [2.75, 3.05) is 0 Å². The molecule has 0 bridgehead atoms. The molecule has 0 aliphatic rings. The highest BCUT2D eigenvalue weighted by Crippen LogP contribution is 2.19. The molecule has 2 aromatic rings. The van der Waals surface area contributed by atoms with Crippen LogP contribution in [0.5, 0.6) is 0 Å². The van der Waals surface area contributed by atoms with Gasteiger partial charge >= 0.3 is 0 Å². The lowest BCUT2D eigenvalue weighted by molar-refractivity contribution is 0.433. The molecule has 2 rings (SSSR count). The summed E-state index contributed by atoms with van der Waals surface area (Å²) >= 11 is 0. The maximum Gasteiger partial charge on any atom is 0.121 e. The van der Waals surface area contributed by atoms with Gasteiger partial charge in [0.05, 0.1) is 6.04 Å². The van der Waals surface area contributed by atoms with Crippen LogP contribution in [0.4, 0.5) is 0 Å². The molecule has 2 N–H and O–H groups in total. The fraction of sp³-hybridized carbons (Fsp3) is 0.357. The Morgan fingerprint density at radius 1 is 1.35 bits per heavy atom. The summed E-state index contributed by atoms with van der Waals surface area (Å²) < 4.78 is 5.65. The summed E-state index contributed by atoms with van der Waals surface area (Å²) in [7, 11) is 0. The predicted octanol–water partition coefficient (Wildman–Crippen LogP) is 2.79. The van der Waals surface area contributed by atoms with Gasteiger partial charge in [-0.2, -0.15) is 0 Å². The van der Waals surface area contributed by atoms with Crippen LogP contribution in [0.2, 0.25) is 0 Å². The summed E-state index contributed by atoms with van der Waals surface area (Å²) in [6, 6.07) is 7.81. The molecule has 0 amide bonds. The molecule has 2 heterocycles. The quantitative estimate of drug-likeness (QED) is 0.878. The van der Waals surface area contributed by atoms with Crippen LogP contribution in [-0.2, 0) is 12.8 Å². The molecular weight excluding hydrogens is 212 g/mol. The lowest BCUT2D eigenvalue weighted by Gasteiger charge is -2.10. The van der Waals surface area contributed by atoms with Gasteiger partial charge in [-0.05, 0) is 30.7 Å². The predicted molar refractivity (Wildman–Crippen MR) is 67.7 cm³/mol. The molecule has 0 spiro atoms. The third-order valence-electron chi connectivity index (χ3n) is 2.93. The van der Waals surface area contributed by atoms with E-state index in [1.165, 1.54) is 5.56 Å². The SMILES string of the molecule is CCc1ccc(C(N)Cc2ncccc2C)o1. The fourth-order valence-corrected chi connectivity index (χ4v) is 1.82. The highest BCUT2D eigenvalue weighted by Gasteiger charge is 2.13. The zero-order valence-electron chi connectivity index (χ0n) is 10.3. The summed E-state index contributed by atoms with van der Waals surface area (Å²) in [6.07, 6.45) is 3.41. The number of hydrogen-bond donors (Lipinski definition) is 1. The van der Waals surface area contributed by atoms with Crippen LogP contribution in [0.25, 0.3) is 0 Å². The second-order valence-electron chi connectivity index (χ2n) is 4.24. The van der Waals surface area contributed by atoms with Gasteiger partial charge in [0.25, 0.3) is 0 Å². The highest BCUT2D eigenvalue weighted by atomic mass is 16.3. The van der Waals surface area contributed by atoms with Crippen molar-refractivity contribution in [1.82, 2.24) is 4.98 Å². The number of pyridine rings is 1. The third kappa shape index (κ3) is 2.74. The minimum Gasteiger partial charge on any atom is -0.464 e. The Balaban J connectivity index is 2.11. The molecule has 0 aliphatic heterocycles. The van der Waals surface area contributed by atoms with Gasteiger partial charge in [0.1, 0.15) is 11.5 Å². The van der Waals surface area contributed by atoms with E-state index in [0.29, 0.717) is 6.42 Å². The van der Waals surface area contributed by atoms with E-state index in [4.69, 9.17) is 10.2 Å². The summed E-state index contributed by atoms with van der Waals surface area (Å²) in [6.45, 7) is 4.12. The Bertz CT molecular complexity index is 490. The number of rotatable bonds is 4. The Morgan fingerprint density at radius 3 is 2.82 bits per heavy atom. The first kappa shape index (κ1) is 11.9. The number of nitrogens with two attached hydrogens (primary N) is 1. The van der Waals surface area contributed by atoms with Crippen LogP contribution in [0.15, 0.2) is 34.9 Å². The van der Waals surface area contributed by atoms with Gasteiger partial charge in [0.2, 0.25) is 0 Å². The zero-order chi connectivity index (χ0) is 12.3. The molecule has 2 aromatic heterocycles. The van der Waals surface area contributed by atoms with E-state index in [2.05, 4.69) is 24.9 Å². The largest absolute Gasteiger partial charge is 0.464 e. The van der Waals surface area contributed by atoms with Gasteiger partial charge in [-0.1, -0.05) is 13.0 Å². The van der Waals surface area contributed by atoms with E-state index in [1.807, 2.05) is 18.2 Å². The van der Waals surface area contributed by atoms with Crippen LogP contribution >= 0.6 is 0 Å². The molecule has 3 nitrogen and oxygen atoms in total. The van der Waals surface area contributed by atoms with Crippen molar-refractivity contribution in [3.05, 3.63) is 53.2 Å². The molecule has 0 saturated heterocycles. The van der Waals surface area contributed by atoms with Crippen molar-refractivity contribution in [3.63, 3.8) is 0 Å². The van der Waals surface area contributed by atoms with Gasteiger partial charge in [-0.25, -0.2) is 0 Å². The minimum absolute atomic E-state index is 0.121. The number of aryl methyl sites for hydroxylation is 2. The monoisotopic (exact) mass is 230 g/mol. The Hall–Kier alpha value is -1.61. The van der Waals surface area contributed by atoms with Crippen LogP contribution in [0.3, 0.4) is 0 Å².